The summed E-state index contributed by atoms with van der Waals surface area (Å²) >= 11 is 0. The SMILES string of the molecule is C=CCc1cccc2[nH]c3ccccc3c12. The van der Waals surface area contributed by atoms with Gasteiger partial charge in [-0.2, -0.15) is 0 Å². The van der Waals surface area contributed by atoms with Crippen LogP contribution in [-0.4, -0.2) is 4.98 Å². The maximum atomic E-state index is 3.82. The first-order chi connectivity index (χ1) is 7.90. The summed E-state index contributed by atoms with van der Waals surface area (Å²) in [4.78, 5) is 3.44. The van der Waals surface area contributed by atoms with Gasteiger partial charge in [0.25, 0.3) is 0 Å². The van der Waals surface area contributed by atoms with E-state index in [1.807, 2.05) is 6.08 Å². The molecule has 0 amide bonds. The van der Waals surface area contributed by atoms with Gasteiger partial charge in [-0.15, -0.1) is 6.58 Å². The lowest BCUT2D eigenvalue weighted by atomic mass is 10.0. The second-order valence-corrected chi connectivity index (χ2v) is 4.00. The Morgan fingerprint density at radius 2 is 1.81 bits per heavy atom. The van der Waals surface area contributed by atoms with Crippen molar-refractivity contribution in [2.45, 2.75) is 6.42 Å². The van der Waals surface area contributed by atoms with Gasteiger partial charge in [-0.1, -0.05) is 36.4 Å². The van der Waals surface area contributed by atoms with Crippen LogP contribution in [0.25, 0.3) is 21.8 Å². The fourth-order valence-corrected chi connectivity index (χ4v) is 2.30. The second kappa shape index (κ2) is 3.53. The molecule has 2 aromatic carbocycles. The molecule has 0 unspecified atom stereocenters. The monoisotopic (exact) mass is 207 g/mol. The fraction of sp³-hybridized carbons (Fsp3) is 0.0667. The molecule has 0 saturated heterocycles. The molecule has 16 heavy (non-hydrogen) atoms. The summed E-state index contributed by atoms with van der Waals surface area (Å²) in [5, 5.41) is 2.63. The van der Waals surface area contributed by atoms with Crippen LogP contribution in [0.3, 0.4) is 0 Å². The van der Waals surface area contributed by atoms with Crippen LogP contribution in [0.1, 0.15) is 5.56 Å². The van der Waals surface area contributed by atoms with E-state index in [1.54, 1.807) is 0 Å². The van der Waals surface area contributed by atoms with Crippen molar-refractivity contribution in [2.75, 3.05) is 0 Å². The van der Waals surface area contributed by atoms with Gasteiger partial charge in [0.15, 0.2) is 0 Å². The Morgan fingerprint density at radius 3 is 2.69 bits per heavy atom. The van der Waals surface area contributed by atoms with Crippen LogP contribution in [0.4, 0.5) is 0 Å². The number of rotatable bonds is 2. The minimum Gasteiger partial charge on any atom is -0.355 e. The highest BCUT2D eigenvalue weighted by molar-refractivity contribution is 6.08. The zero-order valence-corrected chi connectivity index (χ0v) is 9.03. The number of benzene rings is 2. The van der Waals surface area contributed by atoms with E-state index < -0.39 is 0 Å². The van der Waals surface area contributed by atoms with Gasteiger partial charge in [0, 0.05) is 21.8 Å². The molecule has 1 N–H and O–H groups in total. The Morgan fingerprint density at radius 1 is 1.00 bits per heavy atom. The standard InChI is InChI=1S/C15H13N/c1-2-6-11-7-5-10-14-15(11)12-8-3-4-9-13(12)16-14/h2-5,7-10,16H,1,6H2. The van der Waals surface area contributed by atoms with E-state index in [1.165, 1.54) is 27.4 Å². The largest absolute Gasteiger partial charge is 0.355 e. The van der Waals surface area contributed by atoms with Crippen molar-refractivity contribution in [2.24, 2.45) is 0 Å². The van der Waals surface area contributed by atoms with Gasteiger partial charge in [0.05, 0.1) is 0 Å². The quantitative estimate of drug-likeness (QED) is 0.610. The van der Waals surface area contributed by atoms with Crippen LogP contribution >= 0.6 is 0 Å². The van der Waals surface area contributed by atoms with E-state index in [-0.39, 0.29) is 0 Å². The molecule has 0 bridgehead atoms. The maximum absolute atomic E-state index is 3.82. The molecule has 0 spiro atoms. The lowest BCUT2D eigenvalue weighted by Gasteiger charge is -1.99. The lowest BCUT2D eigenvalue weighted by Crippen LogP contribution is -1.81. The predicted octanol–water partition coefficient (Wildman–Crippen LogP) is 4.05. The average Bonchev–Trinajstić information content (AvgIpc) is 2.68. The van der Waals surface area contributed by atoms with Gasteiger partial charge in [0.1, 0.15) is 0 Å². The highest BCUT2D eigenvalue weighted by atomic mass is 14.7. The molecule has 0 aliphatic heterocycles. The van der Waals surface area contributed by atoms with Crippen LogP contribution in [0, 0.1) is 0 Å². The number of nitrogens with one attached hydrogen (secondary N) is 1. The first kappa shape index (κ1) is 9.22. The summed E-state index contributed by atoms with van der Waals surface area (Å²) in [6.45, 7) is 3.82. The Kier molecular flexibility index (Phi) is 2.03. The Labute approximate surface area is 94.4 Å². The molecular weight excluding hydrogens is 194 g/mol. The van der Waals surface area contributed by atoms with Gasteiger partial charge < -0.3 is 4.98 Å². The second-order valence-electron chi connectivity index (χ2n) is 4.00. The Hall–Kier alpha value is -2.02. The molecule has 0 atom stereocenters. The van der Waals surface area contributed by atoms with Crippen molar-refractivity contribution < 1.29 is 0 Å². The Balaban J connectivity index is 2.47. The number of aromatic amines is 1. The van der Waals surface area contributed by atoms with Crippen molar-refractivity contribution in [1.82, 2.24) is 4.98 Å². The number of fused-ring (bicyclic) bond motifs is 3. The van der Waals surface area contributed by atoms with E-state index in [2.05, 4.69) is 54.0 Å². The summed E-state index contributed by atoms with van der Waals surface area (Å²) in [5.74, 6) is 0. The fourth-order valence-electron chi connectivity index (χ4n) is 2.30. The summed E-state index contributed by atoms with van der Waals surface area (Å²) < 4.78 is 0. The van der Waals surface area contributed by atoms with Crippen molar-refractivity contribution >= 4 is 21.8 Å². The van der Waals surface area contributed by atoms with Crippen LogP contribution in [-0.2, 0) is 6.42 Å². The molecule has 78 valence electrons. The van der Waals surface area contributed by atoms with Crippen LogP contribution in [0.15, 0.2) is 55.1 Å². The molecule has 1 heteroatoms. The molecule has 1 aromatic heterocycles. The van der Waals surface area contributed by atoms with Crippen molar-refractivity contribution in [3.8, 4) is 0 Å². The van der Waals surface area contributed by atoms with E-state index >= 15 is 0 Å². The van der Waals surface area contributed by atoms with Crippen LogP contribution < -0.4 is 0 Å². The van der Waals surface area contributed by atoms with Gasteiger partial charge >= 0.3 is 0 Å². The molecule has 0 aliphatic carbocycles. The molecule has 1 heterocycles. The lowest BCUT2D eigenvalue weighted by molar-refractivity contribution is 1.31. The number of H-pyrrole nitrogens is 1. The number of hydrogen-bond acceptors (Lipinski definition) is 0. The normalized spacial score (nSPS) is 11.0. The highest BCUT2D eigenvalue weighted by Crippen LogP contribution is 2.28. The zero-order chi connectivity index (χ0) is 11.0. The minimum absolute atomic E-state index is 0.916. The van der Waals surface area contributed by atoms with Gasteiger partial charge in [0.2, 0.25) is 0 Å². The average molecular weight is 207 g/mol. The third-order valence-electron chi connectivity index (χ3n) is 2.98. The van der Waals surface area contributed by atoms with E-state index in [9.17, 15) is 0 Å². The third-order valence-corrected chi connectivity index (χ3v) is 2.98. The molecule has 0 saturated carbocycles. The number of allylic oxidation sites excluding steroid dienone is 1. The predicted molar refractivity (Wildman–Crippen MR) is 69.7 cm³/mol. The smallest absolute Gasteiger partial charge is 0.0467 e. The zero-order valence-electron chi connectivity index (χ0n) is 9.03. The summed E-state index contributed by atoms with van der Waals surface area (Å²) in [6, 6.07) is 14.8. The van der Waals surface area contributed by atoms with E-state index in [0.29, 0.717) is 0 Å². The number of para-hydroxylation sites is 1. The van der Waals surface area contributed by atoms with Crippen LogP contribution in [0.5, 0.6) is 0 Å². The molecular formula is C15H13N. The van der Waals surface area contributed by atoms with Crippen molar-refractivity contribution in [1.29, 1.82) is 0 Å². The van der Waals surface area contributed by atoms with Crippen molar-refractivity contribution in [3.63, 3.8) is 0 Å². The summed E-state index contributed by atoms with van der Waals surface area (Å²) in [7, 11) is 0. The van der Waals surface area contributed by atoms with Crippen LogP contribution in [0.2, 0.25) is 0 Å². The van der Waals surface area contributed by atoms with Gasteiger partial charge in [-0.25, -0.2) is 0 Å². The van der Waals surface area contributed by atoms with E-state index in [4.69, 9.17) is 0 Å². The van der Waals surface area contributed by atoms with Crippen molar-refractivity contribution in [3.05, 3.63) is 60.7 Å². The van der Waals surface area contributed by atoms with E-state index in [0.717, 1.165) is 6.42 Å². The first-order valence-electron chi connectivity index (χ1n) is 5.49. The topological polar surface area (TPSA) is 15.8 Å². The number of hydrogen-bond donors (Lipinski definition) is 1. The number of aromatic nitrogens is 1. The van der Waals surface area contributed by atoms with Gasteiger partial charge in [-0.05, 0) is 24.1 Å². The summed E-state index contributed by atoms with van der Waals surface area (Å²) in [6.07, 6.45) is 2.87. The molecule has 0 fully saturated rings. The first-order valence-corrected chi connectivity index (χ1v) is 5.49. The van der Waals surface area contributed by atoms with Gasteiger partial charge in [-0.3, -0.25) is 0 Å². The molecule has 3 rings (SSSR count). The minimum atomic E-state index is 0.916. The molecule has 0 radical (unpaired) electrons. The maximum Gasteiger partial charge on any atom is 0.0467 e. The molecule has 0 aliphatic rings. The Bertz CT molecular complexity index is 661. The third kappa shape index (κ3) is 1.25. The summed E-state index contributed by atoms with van der Waals surface area (Å²) in [5.41, 5.74) is 3.75. The highest BCUT2D eigenvalue weighted by Gasteiger charge is 2.06. The molecule has 1 nitrogen and oxygen atoms in total. The molecule has 3 aromatic rings.